The zero-order valence-electron chi connectivity index (χ0n) is 13.2. The minimum atomic E-state index is -3.53. The van der Waals surface area contributed by atoms with Gasteiger partial charge in [0.25, 0.3) is 5.16 Å². The summed E-state index contributed by atoms with van der Waals surface area (Å²) in [5.74, 6) is 0.264. The molecule has 0 aliphatic heterocycles. The molecule has 1 aromatic rings. The normalized spacial score (nSPS) is 16.6. The maximum absolute atomic E-state index is 12.4. The van der Waals surface area contributed by atoms with Gasteiger partial charge < -0.3 is 4.90 Å². The topological polar surface area (TPSA) is 85.2 Å². The number of hydrogen-bond donors (Lipinski definition) is 0. The number of amides is 1. The Labute approximate surface area is 131 Å². The number of sulfone groups is 1. The molecule has 0 N–H and O–H groups in total. The lowest BCUT2D eigenvalue weighted by atomic mass is 9.91. The number of hydrogen-bond acceptors (Lipinski definition) is 5. The van der Waals surface area contributed by atoms with Crippen LogP contribution in [0.2, 0.25) is 0 Å². The first-order valence-corrected chi connectivity index (χ1v) is 9.56. The highest BCUT2D eigenvalue weighted by Crippen LogP contribution is 2.26. The second-order valence-electron chi connectivity index (χ2n) is 5.71. The first kappa shape index (κ1) is 16.9. The summed E-state index contributed by atoms with van der Waals surface area (Å²) < 4.78 is 25.8. The average Bonchev–Trinajstić information content (AvgIpc) is 2.99. The molecule has 8 heteroatoms. The average molecular weight is 328 g/mol. The van der Waals surface area contributed by atoms with Crippen molar-refractivity contribution in [3.8, 4) is 0 Å². The van der Waals surface area contributed by atoms with Crippen LogP contribution in [0.5, 0.6) is 0 Å². The van der Waals surface area contributed by atoms with Crippen molar-refractivity contribution >= 4 is 15.9 Å². The number of aromatic nitrogens is 3. The summed E-state index contributed by atoms with van der Waals surface area (Å²) in [4.78, 5) is 17.5. The third-order valence-electron chi connectivity index (χ3n) is 4.16. The Morgan fingerprint density at radius 3 is 2.50 bits per heavy atom. The lowest BCUT2D eigenvalue weighted by Crippen LogP contribution is -2.34. The lowest BCUT2D eigenvalue weighted by molar-refractivity contribution is 0.201. The van der Waals surface area contributed by atoms with E-state index in [4.69, 9.17) is 0 Å². The summed E-state index contributed by atoms with van der Waals surface area (Å²) in [5.41, 5.74) is 0. The molecule has 0 saturated heterocycles. The van der Waals surface area contributed by atoms with Gasteiger partial charge in [0, 0.05) is 13.1 Å². The summed E-state index contributed by atoms with van der Waals surface area (Å²) in [7, 11) is -3.53. The van der Waals surface area contributed by atoms with E-state index >= 15 is 0 Å². The highest BCUT2D eigenvalue weighted by atomic mass is 32.2. The summed E-state index contributed by atoms with van der Waals surface area (Å²) >= 11 is 0. The molecule has 124 valence electrons. The highest BCUT2D eigenvalue weighted by molar-refractivity contribution is 7.91. The van der Waals surface area contributed by atoms with Crippen molar-refractivity contribution in [3.05, 3.63) is 6.33 Å². The minimum absolute atomic E-state index is 0.0798. The van der Waals surface area contributed by atoms with Gasteiger partial charge in [0.2, 0.25) is 9.84 Å². The predicted molar refractivity (Wildman–Crippen MR) is 82.4 cm³/mol. The molecule has 1 amide bonds. The number of carbonyl (C=O) groups is 1. The maximum atomic E-state index is 12.4. The van der Waals surface area contributed by atoms with Crippen molar-refractivity contribution < 1.29 is 13.2 Å². The van der Waals surface area contributed by atoms with E-state index in [1.54, 1.807) is 4.90 Å². The van der Waals surface area contributed by atoms with E-state index < -0.39 is 9.84 Å². The molecule has 7 nitrogen and oxygen atoms in total. The van der Waals surface area contributed by atoms with Gasteiger partial charge in [-0.1, -0.05) is 19.3 Å². The summed E-state index contributed by atoms with van der Waals surface area (Å²) in [5, 5.41) is 3.65. The lowest BCUT2D eigenvalue weighted by Gasteiger charge is -2.20. The molecule has 0 atom stereocenters. The van der Waals surface area contributed by atoms with Gasteiger partial charge in [-0.2, -0.15) is 4.68 Å². The molecular formula is C14H24N4O3S. The summed E-state index contributed by atoms with van der Waals surface area (Å²) in [6.07, 6.45) is 6.43. The third-order valence-corrected chi connectivity index (χ3v) is 5.81. The second kappa shape index (κ2) is 7.21. The van der Waals surface area contributed by atoms with E-state index in [1.165, 1.54) is 12.7 Å². The van der Waals surface area contributed by atoms with Crippen LogP contribution < -0.4 is 0 Å². The predicted octanol–water partition coefficient (Wildman–Crippen LogP) is 1.94. The summed E-state index contributed by atoms with van der Waals surface area (Å²) in [6.45, 7) is 4.80. The van der Waals surface area contributed by atoms with E-state index in [1.807, 2.05) is 13.8 Å². The van der Waals surface area contributed by atoms with Crippen LogP contribution in [0.25, 0.3) is 0 Å². The van der Waals surface area contributed by atoms with Crippen molar-refractivity contribution in [2.24, 2.45) is 5.92 Å². The molecule has 2 rings (SSSR count). The Hall–Kier alpha value is -1.44. The van der Waals surface area contributed by atoms with Crippen LogP contribution in [0.4, 0.5) is 4.79 Å². The van der Waals surface area contributed by atoms with Crippen LogP contribution >= 0.6 is 0 Å². The van der Waals surface area contributed by atoms with Gasteiger partial charge in [-0.3, -0.25) is 0 Å². The van der Waals surface area contributed by atoms with E-state index in [2.05, 4.69) is 10.1 Å². The molecule has 1 fully saturated rings. The SMILES string of the molecule is CCN(CC)C(=O)n1cnc(S(=O)(=O)CC2CCCCC2)n1. The van der Waals surface area contributed by atoms with Gasteiger partial charge in [-0.05, 0) is 32.6 Å². The standard InChI is InChI=1S/C14H24N4O3S/c1-3-17(4-2)14(19)18-11-15-13(16-18)22(20,21)10-12-8-6-5-7-9-12/h11-12H,3-10H2,1-2H3. The highest BCUT2D eigenvalue weighted by Gasteiger charge is 2.27. The molecule has 1 heterocycles. The van der Waals surface area contributed by atoms with Crippen LogP contribution in [0.1, 0.15) is 46.0 Å². The van der Waals surface area contributed by atoms with E-state index in [0.717, 1.165) is 30.4 Å². The van der Waals surface area contributed by atoms with Crippen LogP contribution in [0.3, 0.4) is 0 Å². The minimum Gasteiger partial charge on any atom is -0.323 e. The first-order chi connectivity index (χ1) is 10.5. The fourth-order valence-corrected chi connectivity index (χ4v) is 4.38. The first-order valence-electron chi connectivity index (χ1n) is 7.91. The van der Waals surface area contributed by atoms with Crippen LogP contribution in [0.15, 0.2) is 11.5 Å². The zero-order chi connectivity index (χ0) is 16.2. The molecular weight excluding hydrogens is 304 g/mol. The molecule has 1 aliphatic carbocycles. The van der Waals surface area contributed by atoms with Crippen molar-refractivity contribution in [2.45, 2.75) is 51.1 Å². The van der Waals surface area contributed by atoms with Gasteiger partial charge in [-0.15, -0.1) is 5.10 Å². The third kappa shape index (κ3) is 3.85. The van der Waals surface area contributed by atoms with Crippen molar-refractivity contribution in [3.63, 3.8) is 0 Å². The number of nitrogens with zero attached hydrogens (tertiary/aromatic N) is 4. The fraction of sp³-hybridized carbons (Fsp3) is 0.786. The Balaban J connectivity index is 2.10. The Morgan fingerprint density at radius 1 is 1.27 bits per heavy atom. The largest absolute Gasteiger partial charge is 0.346 e. The smallest absolute Gasteiger partial charge is 0.323 e. The molecule has 1 aromatic heterocycles. The Morgan fingerprint density at radius 2 is 1.91 bits per heavy atom. The van der Waals surface area contributed by atoms with Crippen molar-refractivity contribution in [2.75, 3.05) is 18.8 Å². The van der Waals surface area contributed by atoms with E-state index in [0.29, 0.717) is 13.1 Å². The second-order valence-corrected chi connectivity index (χ2v) is 7.64. The molecule has 0 radical (unpaired) electrons. The van der Waals surface area contributed by atoms with Gasteiger partial charge in [0.05, 0.1) is 5.75 Å². The molecule has 22 heavy (non-hydrogen) atoms. The van der Waals surface area contributed by atoms with Gasteiger partial charge in [-0.25, -0.2) is 18.2 Å². The van der Waals surface area contributed by atoms with Crippen LogP contribution in [0, 0.1) is 5.92 Å². The number of rotatable bonds is 5. The van der Waals surface area contributed by atoms with E-state index in [9.17, 15) is 13.2 Å². The summed E-state index contributed by atoms with van der Waals surface area (Å²) in [6, 6.07) is -0.350. The van der Waals surface area contributed by atoms with Gasteiger partial charge in [0.15, 0.2) is 0 Å². The zero-order valence-corrected chi connectivity index (χ0v) is 14.0. The maximum Gasteiger partial charge on any atom is 0.346 e. The van der Waals surface area contributed by atoms with E-state index in [-0.39, 0.29) is 22.9 Å². The molecule has 1 aliphatic rings. The van der Waals surface area contributed by atoms with Crippen LogP contribution in [-0.2, 0) is 9.84 Å². The molecule has 0 aromatic carbocycles. The van der Waals surface area contributed by atoms with Gasteiger partial charge >= 0.3 is 6.03 Å². The van der Waals surface area contributed by atoms with Gasteiger partial charge in [0.1, 0.15) is 6.33 Å². The van der Waals surface area contributed by atoms with Crippen molar-refractivity contribution in [1.82, 2.24) is 19.7 Å². The quantitative estimate of drug-likeness (QED) is 0.824. The number of carbonyl (C=O) groups excluding carboxylic acids is 1. The monoisotopic (exact) mass is 328 g/mol. The fourth-order valence-electron chi connectivity index (χ4n) is 2.86. The van der Waals surface area contributed by atoms with Crippen LogP contribution in [-0.4, -0.2) is 53.0 Å². The Kier molecular flexibility index (Phi) is 5.55. The molecule has 0 spiro atoms. The molecule has 0 unspecified atom stereocenters. The Bertz CT molecular complexity index is 601. The van der Waals surface area contributed by atoms with Crippen molar-refractivity contribution in [1.29, 1.82) is 0 Å². The molecule has 0 bridgehead atoms. The molecule has 1 saturated carbocycles.